The monoisotopic (exact) mass is 412 g/mol. The van der Waals surface area contributed by atoms with E-state index in [1.807, 2.05) is 24.3 Å². The molecule has 30 heavy (non-hydrogen) atoms. The number of nitrogens with one attached hydrogen (secondary N) is 1. The summed E-state index contributed by atoms with van der Waals surface area (Å²) in [5.74, 6) is 2.86. The van der Waals surface area contributed by atoms with Crippen LogP contribution in [0.1, 0.15) is 64.5 Å². The Morgan fingerprint density at radius 2 is 2.07 bits per heavy atom. The van der Waals surface area contributed by atoms with Gasteiger partial charge in [0.1, 0.15) is 17.1 Å². The van der Waals surface area contributed by atoms with Gasteiger partial charge in [-0.25, -0.2) is 4.68 Å². The van der Waals surface area contributed by atoms with Crippen molar-refractivity contribution in [2.24, 2.45) is 11.8 Å². The topological polar surface area (TPSA) is 81.5 Å². The second kappa shape index (κ2) is 8.28. The van der Waals surface area contributed by atoms with Crippen molar-refractivity contribution < 1.29 is 9.21 Å². The van der Waals surface area contributed by atoms with Crippen molar-refractivity contribution in [2.75, 3.05) is 0 Å². The van der Waals surface area contributed by atoms with E-state index < -0.39 is 0 Å². The highest BCUT2D eigenvalue weighted by Gasteiger charge is 2.28. The van der Waals surface area contributed by atoms with Crippen molar-refractivity contribution in [3.05, 3.63) is 34.1 Å². The molecule has 3 heterocycles. The average molecular weight is 413 g/mol. The maximum absolute atomic E-state index is 13.0. The normalized spacial score (nSPS) is 22.1. The number of carbonyl (C=O) groups is 1. The lowest BCUT2D eigenvalue weighted by Crippen LogP contribution is -2.43. The molecule has 3 unspecified atom stereocenters. The number of aromatic nitrogens is 3. The Kier molecular flexibility index (Phi) is 5.71. The SMILES string of the molecule is CCc1nn(CCCC(=O)NC2CCCC(C)C2C)c(=O)c2cc3oc(C)cc3n12. The van der Waals surface area contributed by atoms with Gasteiger partial charge < -0.3 is 9.73 Å². The molecule has 7 nitrogen and oxygen atoms in total. The number of rotatable bonds is 6. The molecule has 0 aromatic carbocycles. The van der Waals surface area contributed by atoms with Crippen molar-refractivity contribution >= 4 is 22.5 Å². The Bertz CT molecular complexity index is 1120. The fourth-order valence-electron chi connectivity index (χ4n) is 4.75. The van der Waals surface area contributed by atoms with E-state index in [-0.39, 0.29) is 17.5 Å². The van der Waals surface area contributed by atoms with Gasteiger partial charge in [-0.05, 0) is 31.6 Å². The van der Waals surface area contributed by atoms with E-state index in [4.69, 9.17) is 4.42 Å². The Hall–Kier alpha value is -2.57. The summed E-state index contributed by atoms with van der Waals surface area (Å²) in [5.41, 5.74) is 2.01. The van der Waals surface area contributed by atoms with Gasteiger partial charge in [0.25, 0.3) is 5.56 Å². The standard InChI is InChI=1S/C23H32N4O3/c1-5-21-25-26(23(29)19-13-20-18(27(19)21)12-15(3)30-20)11-7-10-22(28)24-17-9-6-8-14(2)16(17)4/h12-14,16-17H,5-11H2,1-4H3,(H,24,28). The molecule has 3 atom stereocenters. The van der Waals surface area contributed by atoms with Crippen LogP contribution in [-0.4, -0.2) is 26.1 Å². The second-order valence-electron chi connectivity index (χ2n) is 8.81. The highest BCUT2D eigenvalue weighted by atomic mass is 16.3. The summed E-state index contributed by atoms with van der Waals surface area (Å²) in [7, 11) is 0. The van der Waals surface area contributed by atoms with E-state index in [0.717, 1.165) is 23.5 Å². The number of hydrogen-bond donors (Lipinski definition) is 1. The third-order valence-electron chi connectivity index (χ3n) is 6.70. The molecule has 1 fully saturated rings. The number of aryl methyl sites for hydroxylation is 3. The van der Waals surface area contributed by atoms with Crippen molar-refractivity contribution in [1.82, 2.24) is 19.5 Å². The van der Waals surface area contributed by atoms with Crippen molar-refractivity contribution in [3.63, 3.8) is 0 Å². The summed E-state index contributed by atoms with van der Waals surface area (Å²) in [6.07, 6.45) is 5.17. The first kappa shape index (κ1) is 20.7. The number of furan rings is 1. The Morgan fingerprint density at radius 1 is 1.27 bits per heavy atom. The van der Waals surface area contributed by atoms with Gasteiger partial charge in [-0.15, -0.1) is 0 Å². The fraction of sp³-hybridized carbons (Fsp3) is 0.609. The van der Waals surface area contributed by atoms with Crippen LogP contribution < -0.4 is 10.9 Å². The lowest BCUT2D eigenvalue weighted by molar-refractivity contribution is -0.122. The van der Waals surface area contributed by atoms with E-state index in [0.29, 0.717) is 48.7 Å². The van der Waals surface area contributed by atoms with Gasteiger partial charge >= 0.3 is 0 Å². The number of amides is 1. The number of fused-ring (bicyclic) bond motifs is 3. The van der Waals surface area contributed by atoms with E-state index in [1.54, 1.807) is 6.07 Å². The summed E-state index contributed by atoms with van der Waals surface area (Å²) in [6, 6.07) is 4.00. The summed E-state index contributed by atoms with van der Waals surface area (Å²) >= 11 is 0. The van der Waals surface area contributed by atoms with Gasteiger partial charge in [0.2, 0.25) is 5.91 Å². The van der Waals surface area contributed by atoms with Gasteiger partial charge in [-0.3, -0.25) is 14.0 Å². The third kappa shape index (κ3) is 3.77. The van der Waals surface area contributed by atoms with Crippen LogP contribution in [0.25, 0.3) is 16.6 Å². The quantitative estimate of drug-likeness (QED) is 0.667. The zero-order valence-electron chi connectivity index (χ0n) is 18.4. The van der Waals surface area contributed by atoms with Gasteiger partial charge in [-0.2, -0.15) is 5.10 Å². The highest BCUT2D eigenvalue weighted by molar-refractivity contribution is 5.83. The molecule has 1 aliphatic carbocycles. The first-order valence-corrected chi connectivity index (χ1v) is 11.2. The lowest BCUT2D eigenvalue weighted by Gasteiger charge is -2.34. The molecular weight excluding hydrogens is 380 g/mol. The maximum atomic E-state index is 13.0. The zero-order valence-corrected chi connectivity index (χ0v) is 18.4. The molecule has 0 aliphatic heterocycles. The summed E-state index contributed by atoms with van der Waals surface area (Å²) < 4.78 is 9.09. The molecule has 0 radical (unpaired) electrons. The number of hydrogen-bond acceptors (Lipinski definition) is 4. The Balaban J connectivity index is 1.46. The van der Waals surface area contributed by atoms with E-state index in [1.165, 1.54) is 17.5 Å². The van der Waals surface area contributed by atoms with Gasteiger partial charge in [0.05, 0.1) is 5.52 Å². The molecule has 1 saturated carbocycles. The summed E-state index contributed by atoms with van der Waals surface area (Å²) in [6.45, 7) is 8.84. The largest absolute Gasteiger partial charge is 0.460 e. The number of nitrogens with zero attached hydrogens (tertiary/aromatic N) is 3. The lowest BCUT2D eigenvalue weighted by atomic mass is 9.78. The predicted molar refractivity (Wildman–Crippen MR) is 117 cm³/mol. The molecule has 1 N–H and O–H groups in total. The molecule has 7 heteroatoms. The maximum Gasteiger partial charge on any atom is 0.291 e. The molecule has 1 amide bonds. The van der Waals surface area contributed by atoms with Crippen LogP contribution in [0.5, 0.6) is 0 Å². The predicted octanol–water partition coefficient (Wildman–Crippen LogP) is 3.83. The summed E-state index contributed by atoms with van der Waals surface area (Å²) in [5, 5.41) is 7.79. The van der Waals surface area contributed by atoms with Gasteiger partial charge in [0, 0.05) is 37.6 Å². The van der Waals surface area contributed by atoms with Crippen LogP contribution >= 0.6 is 0 Å². The molecule has 0 saturated heterocycles. The molecular formula is C23H32N4O3. The van der Waals surface area contributed by atoms with Crippen molar-refractivity contribution in [1.29, 1.82) is 0 Å². The molecule has 4 rings (SSSR count). The molecule has 1 aliphatic rings. The first-order valence-electron chi connectivity index (χ1n) is 11.2. The Labute approximate surface area is 176 Å². The van der Waals surface area contributed by atoms with Crippen LogP contribution in [0.15, 0.2) is 21.3 Å². The molecule has 3 aromatic heterocycles. The second-order valence-corrected chi connectivity index (χ2v) is 8.81. The van der Waals surface area contributed by atoms with Gasteiger partial charge in [0.15, 0.2) is 5.58 Å². The fourth-order valence-corrected chi connectivity index (χ4v) is 4.75. The van der Waals surface area contributed by atoms with E-state index in [2.05, 4.69) is 24.3 Å². The smallest absolute Gasteiger partial charge is 0.291 e. The van der Waals surface area contributed by atoms with Crippen LogP contribution in [-0.2, 0) is 17.8 Å². The van der Waals surface area contributed by atoms with Crippen LogP contribution in [0.3, 0.4) is 0 Å². The number of carbonyl (C=O) groups excluding carboxylic acids is 1. The van der Waals surface area contributed by atoms with Crippen LogP contribution in [0.2, 0.25) is 0 Å². The third-order valence-corrected chi connectivity index (χ3v) is 6.70. The summed E-state index contributed by atoms with van der Waals surface area (Å²) in [4.78, 5) is 25.4. The minimum atomic E-state index is -0.147. The minimum Gasteiger partial charge on any atom is -0.460 e. The molecule has 3 aromatic rings. The van der Waals surface area contributed by atoms with Crippen LogP contribution in [0, 0.1) is 18.8 Å². The average Bonchev–Trinajstić information content (AvgIpc) is 3.24. The molecule has 0 bridgehead atoms. The van der Waals surface area contributed by atoms with Gasteiger partial charge in [-0.1, -0.05) is 33.6 Å². The van der Waals surface area contributed by atoms with Crippen molar-refractivity contribution in [2.45, 2.75) is 78.8 Å². The zero-order chi connectivity index (χ0) is 21.4. The minimum absolute atomic E-state index is 0.0708. The Morgan fingerprint density at radius 3 is 2.83 bits per heavy atom. The van der Waals surface area contributed by atoms with E-state index >= 15 is 0 Å². The first-order chi connectivity index (χ1) is 14.4. The van der Waals surface area contributed by atoms with Crippen LogP contribution in [0.4, 0.5) is 0 Å². The van der Waals surface area contributed by atoms with E-state index in [9.17, 15) is 9.59 Å². The molecule has 0 spiro atoms. The molecule has 162 valence electrons. The van der Waals surface area contributed by atoms with Crippen molar-refractivity contribution in [3.8, 4) is 0 Å². The highest BCUT2D eigenvalue weighted by Crippen LogP contribution is 2.29.